The van der Waals surface area contributed by atoms with Crippen LogP contribution in [0.2, 0.25) is 0 Å². The van der Waals surface area contributed by atoms with Crippen LogP contribution < -0.4 is 9.80 Å². The molecule has 52 heavy (non-hydrogen) atoms. The van der Waals surface area contributed by atoms with Gasteiger partial charge in [-0.25, -0.2) is 0 Å². The summed E-state index contributed by atoms with van der Waals surface area (Å²) >= 11 is 7.21. The van der Waals surface area contributed by atoms with Crippen LogP contribution in [0.15, 0.2) is 155 Å². The Morgan fingerprint density at radius 1 is 0.519 bits per heavy atom. The fourth-order valence-corrected chi connectivity index (χ4v) is 9.66. The number of amides is 2. The van der Waals surface area contributed by atoms with Gasteiger partial charge in [0, 0.05) is 81.2 Å². The predicted molar refractivity (Wildman–Crippen MR) is 215 cm³/mol. The lowest BCUT2D eigenvalue weighted by atomic mass is 9.73. The van der Waals surface area contributed by atoms with E-state index in [1.807, 2.05) is 99.3 Å². The highest BCUT2D eigenvalue weighted by Crippen LogP contribution is 2.55. The number of carbonyl (C=O) groups excluding carboxylic acids is 2. The molecule has 6 heterocycles. The minimum Gasteiger partial charge on any atom is -0.328 e. The number of likely N-dealkylation sites (N-methyl/N-ethyl adjacent to an activating group) is 2. The van der Waals surface area contributed by atoms with Gasteiger partial charge in [-0.2, -0.15) is 0 Å². The van der Waals surface area contributed by atoms with Crippen molar-refractivity contribution in [3.63, 3.8) is 0 Å². The molecule has 0 radical (unpaired) electrons. The van der Waals surface area contributed by atoms with Crippen molar-refractivity contribution in [3.8, 4) is 0 Å². The first kappa shape index (κ1) is 32.7. The minimum atomic E-state index is -0.803. The first-order valence-corrected chi connectivity index (χ1v) is 18.8. The third-order valence-corrected chi connectivity index (χ3v) is 12.2. The minimum absolute atomic E-state index is 0.0749. The van der Waals surface area contributed by atoms with Gasteiger partial charge in [-0.05, 0) is 83.9 Å². The normalized spacial score (nSPS) is 23.4. The molecule has 4 aliphatic rings. The van der Waals surface area contributed by atoms with Crippen LogP contribution in [0.5, 0.6) is 0 Å². The number of nitrogens with zero attached hydrogens (tertiary/aromatic N) is 4. The zero-order valence-corrected chi connectivity index (χ0v) is 31.7. The highest BCUT2D eigenvalue weighted by Gasteiger charge is 2.58. The smallest absolute Gasteiger partial charge is 0.258 e. The zero-order chi connectivity index (χ0) is 35.8. The molecule has 0 saturated carbocycles. The molecule has 4 aliphatic heterocycles. The van der Waals surface area contributed by atoms with Gasteiger partial charge in [-0.15, -0.1) is 0 Å². The van der Waals surface area contributed by atoms with Gasteiger partial charge < -0.3 is 18.9 Å². The maximum Gasteiger partial charge on any atom is 0.258 e. The lowest BCUT2D eigenvalue weighted by Gasteiger charge is -2.40. The van der Waals surface area contributed by atoms with Crippen LogP contribution in [0.25, 0.3) is 12.2 Å². The average molecular weight is 811 g/mol. The van der Waals surface area contributed by atoms with Crippen molar-refractivity contribution in [2.24, 2.45) is 0 Å². The molecule has 0 N–H and O–H groups in total. The molecular weight excluding hydrogens is 776 g/mol. The Bertz CT molecular complexity index is 2280. The number of fused-ring (bicyclic) bond motifs is 8. The third-order valence-electron chi connectivity index (χ3n) is 11.2. The van der Waals surface area contributed by atoms with Gasteiger partial charge in [0.25, 0.3) is 11.8 Å². The number of benzene rings is 4. The largest absolute Gasteiger partial charge is 0.328 e. The van der Waals surface area contributed by atoms with Crippen molar-refractivity contribution < 1.29 is 9.59 Å². The fourth-order valence-electron chi connectivity index (χ4n) is 8.93. The molecule has 6 aromatic rings. The summed E-state index contributed by atoms with van der Waals surface area (Å²) in [5.41, 5.74) is 6.77. The van der Waals surface area contributed by atoms with Crippen LogP contribution in [0.4, 0.5) is 11.4 Å². The van der Waals surface area contributed by atoms with Crippen LogP contribution in [-0.2, 0) is 20.7 Å². The number of aromatic nitrogens is 2. The van der Waals surface area contributed by atoms with E-state index in [4.69, 9.17) is 0 Å². The lowest BCUT2D eigenvalue weighted by molar-refractivity contribution is -0.125. The number of hydrogen-bond donors (Lipinski definition) is 0. The van der Waals surface area contributed by atoms with Crippen LogP contribution >= 0.6 is 31.9 Å². The molecule has 4 aromatic carbocycles. The molecule has 256 valence electrons. The van der Waals surface area contributed by atoms with Crippen molar-refractivity contribution in [2.75, 3.05) is 23.9 Å². The summed E-state index contributed by atoms with van der Waals surface area (Å²) in [6.07, 6.45) is 12.6. The number of halogens is 2. The molecule has 2 amide bonds. The van der Waals surface area contributed by atoms with Crippen molar-refractivity contribution >= 4 is 67.2 Å². The SMILES string of the molecule is CN1C(=O)[C@]2(c3cc(Br)ccc31)[C@H](c1ccccc1)C=Cc1cccn12.CN1C(=O)[C@]2(c3cc(Br)ccc31)[C@H](c1ccccc1)C=Cc1cccn12. The number of anilines is 2. The summed E-state index contributed by atoms with van der Waals surface area (Å²) < 4.78 is 6.24. The average Bonchev–Trinajstić information content (AvgIpc) is 3.94. The third kappa shape index (κ3) is 4.47. The summed E-state index contributed by atoms with van der Waals surface area (Å²) in [5.74, 6) is 0.0470. The van der Waals surface area contributed by atoms with Crippen LogP contribution in [0.1, 0.15) is 45.5 Å². The van der Waals surface area contributed by atoms with Crippen LogP contribution in [0, 0.1) is 0 Å². The van der Waals surface area contributed by atoms with Crippen molar-refractivity contribution in [1.82, 2.24) is 9.13 Å². The maximum atomic E-state index is 13.8. The van der Waals surface area contributed by atoms with E-state index in [0.717, 1.165) is 54.0 Å². The second-order valence-electron chi connectivity index (χ2n) is 13.7. The predicted octanol–water partition coefficient (Wildman–Crippen LogP) is 9.56. The van der Waals surface area contributed by atoms with Gasteiger partial charge in [0.2, 0.25) is 0 Å². The fraction of sp³-hybridized carbons (Fsp3) is 0.136. The van der Waals surface area contributed by atoms with E-state index in [1.54, 1.807) is 9.80 Å². The molecule has 8 heteroatoms. The standard InChI is InChI=1S/2C22H17BrN2O/c2*1-24-20-12-9-16(23)14-19(20)22(21(24)26)18(15-6-3-2-4-7-15)11-10-17-8-5-13-25(17)22/h2*2-14,18H,1H3/t2*18-,22+/m00/s1. The molecule has 10 rings (SSSR count). The summed E-state index contributed by atoms with van der Waals surface area (Å²) in [6.45, 7) is 0. The Kier molecular flexibility index (Phi) is 7.68. The zero-order valence-electron chi connectivity index (χ0n) is 28.5. The van der Waals surface area contributed by atoms with E-state index in [-0.39, 0.29) is 23.7 Å². The van der Waals surface area contributed by atoms with Gasteiger partial charge in [0.1, 0.15) is 0 Å². The molecule has 2 aromatic heterocycles. The molecule has 0 saturated heterocycles. The topological polar surface area (TPSA) is 50.5 Å². The molecule has 4 atom stereocenters. The lowest BCUT2D eigenvalue weighted by Crippen LogP contribution is -2.50. The van der Waals surface area contributed by atoms with Gasteiger partial charge in [0.15, 0.2) is 11.1 Å². The Hall–Kier alpha value is -5.18. The number of carbonyl (C=O) groups is 2. The van der Waals surface area contributed by atoms with E-state index in [0.29, 0.717) is 0 Å². The molecule has 0 bridgehead atoms. The van der Waals surface area contributed by atoms with E-state index >= 15 is 0 Å². The van der Waals surface area contributed by atoms with Crippen LogP contribution in [0.3, 0.4) is 0 Å². The van der Waals surface area contributed by atoms with E-state index < -0.39 is 11.1 Å². The quantitative estimate of drug-likeness (QED) is 0.175. The molecule has 0 fully saturated rings. The Balaban J connectivity index is 0.000000138. The monoisotopic (exact) mass is 808 g/mol. The molecule has 2 spiro atoms. The molecular formula is C44H34Br2N4O2. The maximum absolute atomic E-state index is 13.8. The van der Waals surface area contributed by atoms with E-state index in [2.05, 4.69) is 114 Å². The van der Waals surface area contributed by atoms with Crippen molar-refractivity contribution in [3.05, 3.63) is 188 Å². The van der Waals surface area contributed by atoms with Gasteiger partial charge in [0.05, 0.1) is 0 Å². The first-order valence-electron chi connectivity index (χ1n) is 17.3. The summed E-state index contributed by atoms with van der Waals surface area (Å²) in [7, 11) is 3.74. The van der Waals surface area contributed by atoms with Gasteiger partial charge in [-0.1, -0.05) is 105 Å². The number of allylic oxidation sites excluding steroid dienone is 2. The Morgan fingerprint density at radius 2 is 0.923 bits per heavy atom. The van der Waals surface area contributed by atoms with Gasteiger partial charge >= 0.3 is 0 Å². The number of rotatable bonds is 2. The van der Waals surface area contributed by atoms with Crippen molar-refractivity contribution in [2.45, 2.75) is 22.9 Å². The molecule has 0 unspecified atom stereocenters. The summed E-state index contributed by atoms with van der Waals surface area (Å²) in [6, 6.07) is 40.9. The summed E-state index contributed by atoms with van der Waals surface area (Å²) in [4.78, 5) is 31.1. The first-order chi connectivity index (χ1) is 25.3. The van der Waals surface area contributed by atoms with Gasteiger partial charge in [-0.3, -0.25) is 9.59 Å². The summed E-state index contributed by atoms with van der Waals surface area (Å²) in [5, 5.41) is 0. The second-order valence-corrected chi connectivity index (χ2v) is 15.5. The second kappa shape index (κ2) is 12.2. The Morgan fingerprint density at radius 3 is 1.33 bits per heavy atom. The Labute approximate surface area is 319 Å². The van der Waals surface area contributed by atoms with E-state index in [1.165, 1.54) is 0 Å². The molecule has 0 aliphatic carbocycles. The number of hydrogen-bond acceptors (Lipinski definition) is 2. The van der Waals surface area contributed by atoms with Crippen LogP contribution in [-0.4, -0.2) is 35.0 Å². The molecule has 6 nitrogen and oxygen atoms in total. The highest BCUT2D eigenvalue weighted by atomic mass is 79.9. The highest BCUT2D eigenvalue weighted by molar-refractivity contribution is 9.10. The van der Waals surface area contributed by atoms with Crippen molar-refractivity contribution in [1.29, 1.82) is 0 Å². The van der Waals surface area contributed by atoms with E-state index in [9.17, 15) is 9.59 Å².